The van der Waals surface area contributed by atoms with Crippen LogP contribution < -0.4 is 5.14 Å². The lowest BCUT2D eigenvalue weighted by molar-refractivity contribution is 0.688. The second kappa shape index (κ2) is 2.50. The normalized spacial score (nSPS) is 12.0. The van der Waals surface area contributed by atoms with Crippen molar-refractivity contribution in [2.75, 3.05) is 0 Å². The molecule has 0 saturated carbocycles. The molecule has 1 atom stereocenters. The molecule has 7 heavy (non-hydrogen) atoms. The summed E-state index contributed by atoms with van der Waals surface area (Å²) in [6.07, 6.45) is 0. The molecule has 0 saturated heterocycles. The minimum absolute atomic E-state index is 0.0972. The maximum Gasteiger partial charge on any atom is 0.132 e. The van der Waals surface area contributed by atoms with E-state index in [9.17, 15) is 4.21 Å². The van der Waals surface area contributed by atoms with Gasteiger partial charge in [0.2, 0.25) is 0 Å². The first-order valence-corrected chi connectivity index (χ1v) is 2.65. The number of rotatable bonds is 1. The molecule has 0 aromatic rings. The Bertz CT molecular complexity index is 146. The molecule has 38 valence electrons. The molecule has 0 aliphatic carbocycles. The molecule has 0 spiro atoms. The molecule has 4 heteroatoms. The standard InChI is InChI=1S/C3H4N2OS/c1-3(2-4)7(5)6/h1,5H2. The summed E-state index contributed by atoms with van der Waals surface area (Å²) in [5.41, 5.74) is 0. The summed E-state index contributed by atoms with van der Waals surface area (Å²) in [4.78, 5) is -0.0972. The maximum atomic E-state index is 9.94. The molecule has 0 radical (unpaired) electrons. The first-order valence-electron chi connectivity index (χ1n) is 1.43. The summed E-state index contributed by atoms with van der Waals surface area (Å²) < 4.78 is 9.94. The Morgan fingerprint density at radius 3 is 2.43 bits per heavy atom. The van der Waals surface area contributed by atoms with E-state index < -0.39 is 11.0 Å². The lowest BCUT2D eigenvalue weighted by Crippen LogP contribution is -2.02. The molecule has 0 bridgehead atoms. The summed E-state index contributed by atoms with van der Waals surface area (Å²) in [7, 11) is -1.67. The molecule has 0 aromatic heterocycles. The van der Waals surface area contributed by atoms with E-state index in [1.807, 2.05) is 0 Å². The van der Waals surface area contributed by atoms with Crippen molar-refractivity contribution in [1.82, 2.24) is 0 Å². The van der Waals surface area contributed by atoms with Crippen LogP contribution in [0.25, 0.3) is 0 Å². The Hall–Kier alpha value is -0.660. The lowest BCUT2D eigenvalue weighted by Gasteiger charge is -1.79. The predicted octanol–water partition coefficient (Wildman–Crippen LogP) is -0.354. The Balaban J connectivity index is 3.90. The number of allylic oxidation sites excluding steroid dienone is 1. The highest BCUT2D eigenvalue weighted by molar-refractivity contribution is 7.87. The van der Waals surface area contributed by atoms with Crippen LogP contribution in [0.4, 0.5) is 0 Å². The third kappa shape index (κ3) is 2.09. The monoisotopic (exact) mass is 116 g/mol. The second-order valence-electron chi connectivity index (χ2n) is 0.832. The van der Waals surface area contributed by atoms with Gasteiger partial charge in [-0.05, 0) is 0 Å². The van der Waals surface area contributed by atoms with Crippen LogP contribution in [0.2, 0.25) is 0 Å². The van der Waals surface area contributed by atoms with E-state index in [0.29, 0.717) is 0 Å². The molecule has 0 aliphatic rings. The Morgan fingerprint density at radius 1 is 2.00 bits per heavy atom. The highest BCUT2D eigenvalue weighted by Crippen LogP contribution is 1.85. The van der Waals surface area contributed by atoms with Gasteiger partial charge in [-0.3, -0.25) is 0 Å². The van der Waals surface area contributed by atoms with Gasteiger partial charge in [0.15, 0.2) is 0 Å². The fraction of sp³-hybridized carbons (Fsp3) is 0. The van der Waals surface area contributed by atoms with Crippen LogP contribution in [-0.2, 0) is 11.0 Å². The zero-order chi connectivity index (χ0) is 5.86. The topological polar surface area (TPSA) is 66.9 Å². The molecule has 2 N–H and O–H groups in total. The SMILES string of the molecule is C=C(C#N)S(N)=O. The van der Waals surface area contributed by atoms with Crippen LogP contribution in [0.3, 0.4) is 0 Å². The van der Waals surface area contributed by atoms with E-state index in [-0.39, 0.29) is 4.91 Å². The van der Waals surface area contributed by atoms with Crippen LogP contribution in [0.1, 0.15) is 0 Å². The van der Waals surface area contributed by atoms with E-state index in [1.165, 1.54) is 0 Å². The Labute approximate surface area is 44.0 Å². The fourth-order valence-electron chi connectivity index (χ4n) is 0.0450. The van der Waals surface area contributed by atoms with Gasteiger partial charge in [0.1, 0.15) is 22.0 Å². The van der Waals surface area contributed by atoms with Crippen LogP contribution in [0.15, 0.2) is 11.5 Å². The van der Waals surface area contributed by atoms with Gasteiger partial charge in [-0.2, -0.15) is 5.26 Å². The molecule has 0 rings (SSSR count). The first kappa shape index (κ1) is 6.34. The number of hydrogen-bond acceptors (Lipinski definition) is 2. The minimum Gasteiger partial charge on any atom is -0.247 e. The van der Waals surface area contributed by atoms with E-state index in [4.69, 9.17) is 10.4 Å². The number of nitrogens with two attached hydrogens (primary N) is 1. The van der Waals surface area contributed by atoms with Gasteiger partial charge in [0, 0.05) is 0 Å². The van der Waals surface area contributed by atoms with Crippen molar-refractivity contribution in [1.29, 1.82) is 5.26 Å². The summed E-state index contributed by atoms with van der Waals surface area (Å²) in [6.45, 7) is 3.09. The molecule has 0 aliphatic heterocycles. The summed E-state index contributed by atoms with van der Waals surface area (Å²) >= 11 is 0. The van der Waals surface area contributed by atoms with Crippen molar-refractivity contribution in [3.8, 4) is 6.07 Å². The third-order valence-electron chi connectivity index (χ3n) is 0.368. The van der Waals surface area contributed by atoms with Gasteiger partial charge in [-0.15, -0.1) is 0 Å². The van der Waals surface area contributed by atoms with E-state index >= 15 is 0 Å². The first-order chi connectivity index (χ1) is 3.18. The van der Waals surface area contributed by atoms with Crippen LogP contribution in [0, 0.1) is 11.3 Å². The van der Waals surface area contributed by atoms with E-state index in [2.05, 4.69) is 6.58 Å². The van der Waals surface area contributed by atoms with Gasteiger partial charge < -0.3 is 0 Å². The number of hydrogen-bond donors (Lipinski definition) is 1. The van der Waals surface area contributed by atoms with Crippen molar-refractivity contribution in [2.24, 2.45) is 5.14 Å². The zero-order valence-corrected chi connectivity index (χ0v) is 4.36. The van der Waals surface area contributed by atoms with Crippen LogP contribution >= 0.6 is 0 Å². The van der Waals surface area contributed by atoms with Gasteiger partial charge in [-0.25, -0.2) is 9.35 Å². The number of nitrogens with zero attached hydrogens (tertiary/aromatic N) is 1. The van der Waals surface area contributed by atoms with E-state index in [0.717, 1.165) is 0 Å². The lowest BCUT2D eigenvalue weighted by atomic mass is 10.7. The fourth-order valence-corrected chi connectivity index (χ4v) is 0.135. The van der Waals surface area contributed by atoms with Crippen molar-refractivity contribution >= 4 is 11.0 Å². The van der Waals surface area contributed by atoms with Gasteiger partial charge in [0.25, 0.3) is 0 Å². The smallest absolute Gasteiger partial charge is 0.132 e. The van der Waals surface area contributed by atoms with Gasteiger partial charge >= 0.3 is 0 Å². The molecular formula is C3H4N2OS. The van der Waals surface area contributed by atoms with Crippen LogP contribution in [0.5, 0.6) is 0 Å². The highest BCUT2D eigenvalue weighted by Gasteiger charge is 1.91. The van der Waals surface area contributed by atoms with Gasteiger partial charge in [-0.1, -0.05) is 6.58 Å². The molecule has 1 unspecified atom stereocenters. The molecule has 0 fully saturated rings. The average molecular weight is 116 g/mol. The Kier molecular flexibility index (Phi) is 2.27. The Morgan fingerprint density at radius 2 is 2.43 bits per heavy atom. The second-order valence-corrected chi connectivity index (χ2v) is 1.92. The zero-order valence-electron chi connectivity index (χ0n) is 3.55. The summed E-state index contributed by atoms with van der Waals surface area (Å²) in [5.74, 6) is 0. The maximum absolute atomic E-state index is 9.94. The quantitative estimate of drug-likeness (QED) is 0.475. The van der Waals surface area contributed by atoms with E-state index in [1.54, 1.807) is 6.07 Å². The van der Waals surface area contributed by atoms with Crippen molar-refractivity contribution < 1.29 is 4.21 Å². The number of nitriles is 1. The van der Waals surface area contributed by atoms with Crippen molar-refractivity contribution in [2.45, 2.75) is 0 Å². The molecular weight excluding hydrogens is 112 g/mol. The van der Waals surface area contributed by atoms with Crippen LogP contribution in [-0.4, -0.2) is 4.21 Å². The molecule has 0 aromatic carbocycles. The molecule has 3 nitrogen and oxygen atoms in total. The highest BCUT2D eigenvalue weighted by atomic mass is 32.2. The van der Waals surface area contributed by atoms with Crippen molar-refractivity contribution in [3.63, 3.8) is 0 Å². The third-order valence-corrected chi connectivity index (χ3v) is 0.945. The molecule has 0 amide bonds. The summed E-state index contributed by atoms with van der Waals surface area (Å²) in [6, 6.07) is 1.54. The average Bonchev–Trinajstić information content (AvgIpc) is 1.65. The van der Waals surface area contributed by atoms with Crippen molar-refractivity contribution in [3.05, 3.63) is 11.5 Å². The minimum atomic E-state index is -1.67. The molecule has 0 heterocycles. The van der Waals surface area contributed by atoms with Gasteiger partial charge in [0.05, 0.1) is 0 Å². The predicted molar refractivity (Wildman–Crippen MR) is 27.1 cm³/mol. The summed E-state index contributed by atoms with van der Waals surface area (Å²) in [5, 5.41) is 12.6. The largest absolute Gasteiger partial charge is 0.247 e.